The van der Waals surface area contributed by atoms with E-state index in [-0.39, 0.29) is 35.1 Å². The fraction of sp³-hybridized carbons (Fsp3) is 0.348. The van der Waals surface area contributed by atoms with E-state index in [1.807, 2.05) is 0 Å². The van der Waals surface area contributed by atoms with Crippen LogP contribution in [0, 0.1) is 11.7 Å². The van der Waals surface area contributed by atoms with Gasteiger partial charge in [-0.1, -0.05) is 67.9 Å². The van der Waals surface area contributed by atoms with E-state index < -0.39 is 42.2 Å². The number of aliphatic hydroxyl groups excluding tert-OH is 1. The van der Waals surface area contributed by atoms with Gasteiger partial charge in [0.25, 0.3) is 0 Å². The van der Waals surface area contributed by atoms with Crippen molar-refractivity contribution in [3.8, 4) is 11.1 Å². The molecule has 2 atom stereocenters. The van der Waals surface area contributed by atoms with Crippen LogP contribution in [0.2, 0.25) is 5.02 Å². The van der Waals surface area contributed by atoms with Gasteiger partial charge < -0.3 is 20.3 Å². The number of benzene rings is 2. The number of hydrogen-bond donors (Lipinski definition) is 3. The third-order valence-corrected chi connectivity index (χ3v) is 4.98. The van der Waals surface area contributed by atoms with Gasteiger partial charge in [-0.05, 0) is 23.5 Å². The van der Waals surface area contributed by atoms with E-state index in [0.717, 1.165) is 0 Å². The molecule has 0 aliphatic rings. The van der Waals surface area contributed by atoms with Crippen molar-refractivity contribution in [1.29, 1.82) is 0 Å². The van der Waals surface area contributed by atoms with Crippen molar-refractivity contribution in [2.24, 2.45) is 5.92 Å². The number of carboxylic acid groups (broad SMARTS) is 1. The summed E-state index contributed by atoms with van der Waals surface area (Å²) in [4.78, 5) is 35.1. The Balaban J connectivity index is 2.23. The fourth-order valence-electron chi connectivity index (χ4n) is 2.97. The van der Waals surface area contributed by atoms with Crippen molar-refractivity contribution in [1.82, 2.24) is 5.32 Å². The van der Waals surface area contributed by atoms with E-state index in [1.165, 1.54) is 6.07 Å². The van der Waals surface area contributed by atoms with E-state index in [1.54, 1.807) is 50.2 Å². The van der Waals surface area contributed by atoms with Gasteiger partial charge in [0.1, 0.15) is 5.82 Å². The van der Waals surface area contributed by atoms with Gasteiger partial charge in [-0.2, -0.15) is 0 Å². The maximum atomic E-state index is 14.9. The Labute approximate surface area is 190 Å². The molecule has 0 saturated carbocycles. The average molecular weight is 466 g/mol. The molecule has 2 aromatic carbocycles. The zero-order chi connectivity index (χ0) is 23.8. The minimum Gasteiger partial charge on any atom is -0.479 e. The van der Waals surface area contributed by atoms with Crippen molar-refractivity contribution >= 4 is 29.4 Å². The number of esters is 1. The maximum absolute atomic E-state index is 14.9. The third-order valence-electron chi connectivity index (χ3n) is 4.57. The van der Waals surface area contributed by atoms with E-state index >= 15 is 0 Å². The molecule has 0 heterocycles. The molecule has 0 radical (unpaired) electrons. The standard InChI is InChI=1S/C23H25ClFNO6/c1-13(2)12-32-23(31)21(28)26-16(11-18(27)22(29)30)10-15-8-9-17(20(25)19(15)24)14-6-4-3-5-7-14/h3-9,13,16,18,27H,10-12H2,1-2H3,(H,26,28)(H,29,30)/t16-,18-/m1/s1. The number of carbonyl (C=O) groups excluding carboxylic acids is 2. The SMILES string of the molecule is CC(C)COC(=O)C(=O)N[C@H](Cc1ccc(-c2ccccc2)c(F)c1Cl)C[C@@H](O)C(=O)O. The highest BCUT2D eigenvalue weighted by Gasteiger charge is 2.26. The summed E-state index contributed by atoms with van der Waals surface area (Å²) in [5.41, 5.74) is 1.18. The molecule has 0 aromatic heterocycles. The van der Waals surface area contributed by atoms with Gasteiger partial charge in [-0.3, -0.25) is 4.79 Å². The van der Waals surface area contributed by atoms with Gasteiger partial charge >= 0.3 is 17.8 Å². The molecule has 2 aromatic rings. The van der Waals surface area contributed by atoms with Gasteiger partial charge in [-0.15, -0.1) is 0 Å². The number of nitrogens with one attached hydrogen (secondary N) is 1. The first-order valence-electron chi connectivity index (χ1n) is 10.0. The lowest BCUT2D eigenvalue weighted by molar-refractivity contribution is -0.156. The average Bonchev–Trinajstić information content (AvgIpc) is 2.75. The molecule has 0 spiro atoms. The monoisotopic (exact) mass is 465 g/mol. The summed E-state index contributed by atoms with van der Waals surface area (Å²) in [7, 11) is 0. The smallest absolute Gasteiger partial charge is 0.396 e. The highest BCUT2D eigenvalue weighted by Crippen LogP contribution is 2.31. The zero-order valence-corrected chi connectivity index (χ0v) is 18.4. The molecule has 0 bridgehead atoms. The predicted octanol–water partition coefficient (Wildman–Crippen LogP) is 3.21. The molecule has 172 valence electrons. The molecular weight excluding hydrogens is 441 g/mol. The summed E-state index contributed by atoms with van der Waals surface area (Å²) in [6.07, 6.45) is -2.34. The zero-order valence-electron chi connectivity index (χ0n) is 17.7. The van der Waals surface area contributed by atoms with E-state index in [2.05, 4.69) is 5.32 Å². The Morgan fingerprint density at radius 1 is 1.12 bits per heavy atom. The minimum absolute atomic E-state index is 0.0151. The number of halogens is 2. The highest BCUT2D eigenvalue weighted by molar-refractivity contribution is 6.32. The highest BCUT2D eigenvalue weighted by atomic mass is 35.5. The lowest BCUT2D eigenvalue weighted by atomic mass is 9.97. The molecule has 0 aliphatic heterocycles. The number of amides is 1. The molecule has 7 nitrogen and oxygen atoms in total. The number of hydrogen-bond acceptors (Lipinski definition) is 5. The van der Waals surface area contributed by atoms with E-state index in [4.69, 9.17) is 21.4 Å². The Morgan fingerprint density at radius 2 is 1.78 bits per heavy atom. The molecule has 0 saturated heterocycles. The second kappa shape index (κ2) is 11.6. The summed E-state index contributed by atoms with van der Waals surface area (Å²) in [5, 5.41) is 20.9. The second-order valence-electron chi connectivity index (χ2n) is 7.72. The predicted molar refractivity (Wildman–Crippen MR) is 117 cm³/mol. The van der Waals surface area contributed by atoms with E-state index in [9.17, 15) is 23.9 Å². The van der Waals surface area contributed by atoms with Crippen molar-refractivity contribution < 1.29 is 33.7 Å². The van der Waals surface area contributed by atoms with Crippen LogP contribution >= 0.6 is 11.6 Å². The third kappa shape index (κ3) is 7.03. The Morgan fingerprint density at radius 3 is 2.38 bits per heavy atom. The molecule has 0 aliphatic carbocycles. The van der Waals surface area contributed by atoms with Crippen molar-refractivity contribution in [2.75, 3.05) is 6.61 Å². The topological polar surface area (TPSA) is 113 Å². The van der Waals surface area contributed by atoms with Gasteiger partial charge in [0.05, 0.1) is 11.6 Å². The summed E-state index contributed by atoms with van der Waals surface area (Å²) >= 11 is 6.22. The van der Waals surface area contributed by atoms with Crippen LogP contribution < -0.4 is 5.32 Å². The lowest BCUT2D eigenvalue weighted by Gasteiger charge is -2.21. The van der Waals surface area contributed by atoms with Crippen LogP contribution in [0.15, 0.2) is 42.5 Å². The van der Waals surface area contributed by atoms with Gasteiger partial charge in [0.2, 0.25) is 0 Å². The Hall–Kier alpha value is -2.97. The van der Waals surface area contributed by atoms with Crippen LogP contribution in [0.4, 0.5) is 4.39 Å². The van der Waals surface area contributed by atoms with Crippen molar-refractivity contribution in [3.63, 3.8) is 0 Å². The minimum atomic E-state index is -1.81. The first-order valence-corrected chi connectivity index (χ1v) is 10.4. The van der Waals surface area contributed by atoms with Gasteiger partial charge in [0.15, 0.2) is 6.10 Å². The summed E-state index contributed by atoms with van der Waals surface area (Å²) in [5.74, 6) is -4.38. The van der Waals surface area contributed by atoms with Crippen molar-refractivity contribution in [3.05, 3.63) is 58.9 Å². The van der Waals surface area contributed by atoms with Crippen LogP contribution in [0.5, 0.6) is 0 Å². The van der Waals surface area contributed by atoms with E-state index in [0.29, 0.717) is 5.56 Å². The molecule has 0 unspecified atom stereocenters. The number of carboxylic acids is 1. The summed E-state index contributed by atoms with van der Waals surface area (Å²) in [6.45, 7) is 3.63. The van der Waals surface area contributed by atoms with Crippen LogP contribution in [0.3, 0.4) is 0 Å². The van der Waals surface area contributed by atoms with Crippen molar-refractivity contribution in [2.45, 2.75) is 38.8 Å². The molecular formula is C23H25ClFNO6. The number of ether oxygens (including phenoxy) is 1. The van der Waals surface area contributed by atoms with Crippen LogP contribution in [-0.4, -0.2) is 46.8 Å². The number of carbonyl (C=O) groups is 3. The van der Waals surface area contributed by atoms with Crippen LogP contribution in [0.1, 0.15) is 25.8 Å². The number of aliphatic hydroxyl groups is 1. The lowest BCUT2D eigenvalue weighted by Crippen LogP contribution is -2.44. The molecule has 32 heavy (non-hydrogen) atoms. The van der Waals surface area contributed by atoms with Gasteiger partial charge in [0, 0.05) is 18.0 Å². The van der Waals surface area contributed by atoms with Crippen LogP contribution in [-0.2, 0) is 25.5 Å². The molecule has 1 amide bonds. The fourth-order valence-corrected chi connectivity index (χ4v) is 3.21. The first-order chi connectivity index (χ1) is 15.1. The maximum Gasteiger partial charge on any atom is 0.396 e. The van der Waals surface area contributed by atoms with Crippen LogP contribution in [0.25, 0.3) is 11.1 Å². The first kappa shape index (κ1) is 25.3. The normalized spacial score (nSPS) is 12.8. The second-order valence-corrected chi connectivity index (χ2v) is 8.10. The summed E-state index contributed by atoms with van der Waals surface area (Å²) < 4.78 is 19.8. The Kier molecular flexibility index (Phi) is 9.16. The van der Waals surface area contributed by atoms with Gasteiger partial charge in [-0.25, -0.2) is 14.0 Å². The summed E-state index contributed by atoms with van der Waals surface area (Å²) in [6, 6.07) is 10.8. The number of aliphatic carboxylic acids is 1. The quantitative estimate of drug-likeness (QED) is 0.387. The Bertz CT molecular complexity index is 966. The molecule has 3 N–H and O–H groups in total. The number of rotatable bonds is 9. The molecule has 2 rings (SSSR count). The largest absolute Gasteiger partial charge is 0.479 e. The molecule has 9 heteroatoms. The molecule has 0 fully saturated rings.